The van der Waals surface area contributed by atoms with Crippen LogP contribution in [0, 0.1) is 5.41 Å². The molecule has 0 aromatic carbocycles. The first-order valence-electron chi connectivity index (χ1n) is 4.92. The molecule has 0 bridgehead atoms. The van der Waals surface area contributed by atoms with Crippen LogP contribution in [0.2, 0.25) is 0 Å². The number of nitrogens with one attached hydrogen (secondary N) is 2. The van der Waals surface area contributed by atoms with Gasteiger partial charge in [0.1, 0.15) is 0 Å². The van der Waals surface area contributed by atoms with Crippen LogP contribution in [-0.2, 0) is 0 Å². The molecule has 0 saturated heterocycles. The summed E-state index contributed by atoms with van der Waals surface area (Å²) in [6, 6.07) is -0.140. The fourth-order valence-corrected chi connectivity index (χ4v) is 0.777. The van der Waals surface area contributed by atoms with Gasteiger partial charge in [-0.05, 0) is 32.7 Å². The number of amides is 2. The first-order chi connectivity index (χ1) is 6.16. The maximum atomic E-state index is 11.4. The molecule has 0 aliphatic rings. The summed E-state index contributed by atoms with van der Waals surface area (Å²) in [5, 5.41) is 5.63. The van der Waals surface area contributed by atoms with Gasteiger partial charge in [-0.15, -0.1) is 0 Å². The lowest BCUT2D eigenvalue weighted by molar-refractivity contribution is 0.226. The van der Waals surface area contributed by atoms with Crippen LogP contribution in [0.5, 0.6) is 0 Å². The van der Waals surface area contributed by atoms with Gasteiger partial charge in [0.2, 0.25) is 0 Å². The smallest absolute Gasteiger partial charge is 0.315 e. The zero-order chi connectivity index (χ0) is 11.4. The SMILES string of the molecule is CC(C)(CN)CNC(=O)NC(C)(C)C. The van der Waals surface area contributed by atoms with E-state index in [4.69, 9.17) is 5.73 Å². The molecule has 2 amide bonds. The van der Waals surface area contributed by atoms with E-state index < -0.39 is 0 Å². The number of carbonyl (C=O) groups is 1. The zero-order valence-corrected chi connectivity index (χ0v) is 9.90. The Labute approximate surface area is 86.6 Å². The van der Waals surface area contributed by atoms with Crippen molar-refractivity contribution >= 4 is 6.03 Å². The van der Waals surface area contributed by atoms with E-state index in [2.05, 4.69) is 10.6 Å². The number of hydrogen-bond donors (Lipinski definition) is 3. The molecule has 0 fully saturated rings. The minimum absolute atomic E-state index is 0.0464. The highest BCUT2D eigenvalue weighted by atomic mass is 16.2. The molecule has 0 aliphatic carbocycles. The van der Waals surface area contributed by atoms with Gasteiger partial charge in [0.05, 0.1) is 0 Å². The van der Waals surface area contributed by atoms with Gasteiger partial charge in [-0.1, -0.05) is 13.8 Å². The van der Waals surface area contributed by atoms with Crippen LogP contribution >= 0.6 is 0 Å². The summed E-state index contributed by atoms with van der Waals surface area (Å²) in [6.45, 7) is 11.0. The Balaban J connectivity index is 3.87. The van der Waals surface area contributed by atoms with Crippen LogP contribution < -0.4 is 16.4 Å². The number of carbonyl (C=O) groups excluding carboxylic acids is 1. The largest absolute Gasteiger partial charge is 0.338 e. The Kier molecular flexibility index (Phi) is 4.39. The predicted molar refractivity (Wildman–Crippen MR) is 59.1 cm³/mol. The number of rotatable bonds is 3. The van der Waals surface area contributed by atoms with E-state index in [9.17, 15) is 4.79 Å². The summed E-state index contributed by atoms with van der Waals surface area (Å²) in [7, 11) is 0. The average molecular weight is 201 g/mol. The van der Waals surface area contributed by atoms with Crippen LogP contribution in [-0.4, -0.2) is 24.7 Å². The van der Waals surface area contributed by atoms with Crippen molar-refractivity contribution in [1.82, 2.24) is 10.6 Å². The molecule has 4 nitrogen and oxygen atoms in total. The third-order valence-corrected chi connectivity index (χ3v) is 1.77. The summed E-state index contributed by atoms with van der Waals surface area (Å²) >= 11 is 0. The predicted octanol–water partition coefficient (Wildman–Crippen LogP) is 1.07. The quantitative estimate of drug-likeness (QED) is 0.639. The topological polar surface area (TPSA) is 67.1 Å². The minimum atomic E-state index is -0.197. The lowest BCUT2D eigenvalue weighted by atomic mass is 9.94. The van der Waals surface area contributed by atoms with Gasteiger partial charge in [0, 0.05) is 12.1 Å². The molecule has 0 radical (unpaired) electrons. The minimum Gasteiger partial charge on any atom is -0.338 e. The Morgan fingerprint density at radius 1 is 1.21 bits per heavy atom. The van der Waals surface area contributed by atoms with Crippen LogP contribution in [0.1, 0.15) is 34.6 Å². The Morgan fingerprint density at radius 2 is 1.71 bits per heavy atom. The van der Waals surface area contributed by atoms with E-state index in [0.29, 0.717) is 13.1 Å². The lowest BCUT2D eigenvalue weighted by Crippen LogP contribution is -2.49. The highest BCUT2D eigenvalue weighted by Crippen LogP contribution is 2.09. The monoisotopic (exact) mass is 201 g/mol. The van der Waals surface area contributed by atoms with Crippen molar-refractivity contribution in [3.8, 4) is 0 Å². The van der Waals surface area contributed by atoms with Gasteiger partial charge in [0.25, 0.3) is 0 Å². The average Bonchev–Trinajstić information content (AvgIpc) is 1.98. The van der Waals surface area contributed by atoms with Gasteiger partial charge < -0.3 is 16.4 Å². The molecular formula is C10H23N3O. The van der Waals surface area contributed by atoms with Crippen molar-refractivity contribution < 1.29 is 4.79 Å². The maximum Gasteiger partial charge on any atom is 0.315 e. The van der Waals surface area contributed by atoms with Crippen molar-refractivity contribution in [2.24, 2.45) is 11.1 Å². The van der Waals surface area contributed by atoms with Gasteiger partial charge in [-0.3, -0.25) is 0 Å². The van der Waals surface area contributed by atoms with Crippen molar-refractivity contribution in [3.05, 3.63) is 0 Å². The molecule has 84 valence electrons. The van der Waals surface area contributed by atoms with Crippen LogP contribution in [0.25, 0.3) is 0 Å². The van der Waals surface area contributed by atoms with E-state index in [-0.39, 0.29) is 17.0 Å². The molecule has 0 unspecified atom stereocenters. The molecule has 0 aromatic rings. The molecule has 4 N–H and O–H groups in total. The molecule has 0 heterocycles. The standard InChI is InChI=1S/C10H23N3O/c1-9(2,3)13-8(14)12-7-10(4,5)6-11/h6-7,11H2,1-5H3,(H2,12,13,14). The summed E-state index contributed by atoms with van der Waals surface area (Å²) in [4.78, 5) is 11.4. The fourth-order valence-electron chi connectivity index (χ4n) is 0.777. The molecule has 14 heavy (non-hydrogen) atoms. The van der Waals surface area contributed by atoms with Crippen molar-refractivity contribution in [2.75, 3.05) is 13.1 Å². The van der Waals surface area contributed by atoms with E-state index in [1.165, 1.54) is 0 Å². The molecular weight excluding hydrogens is 178 g/mol. The lowest BCUT2D eigenvalue weighted by Gasteiger charge is -2.25. The second kappa shape index (κ2) is 4.64. The third kappa shape index (κ3) is 6.71. The van der Waals surface area contributed by atoms with Crippen LogP contribution in [0.15, 0.2) is 0 Å². The fraction of sp³-hybridized carbons (Fsp3) is 0.900. The Morgan fingerprint density at radius 3 is 2.07 bits per heavy atom. The Hall–Kier alpha value is -0.770. The Bertz CT molecular complexity index is 194. The molecule has 0 rings (SSSR count). The third-order valence-electron chi connectivity index (χ3n) is 1.77. The molecule has 0 aliphatic heterocycles. The summed E-state index contributed by atoms with van der Waals surface area (Å²) in [5.74, 6) is 0. The molecule has 0 atom stereocenters. The van der Waals surface area contributed by atoms with Gasteiger partial charge in [0.15, 0.2) is 0 Å². The zero-order valence-electron chi connectivity index (χ0n) is 9.90. The highest BCUT2D eigenvalue weighted by molar-refractivity contribution is 5.74. The van der Waals surface area contributed by atoms with Crippen molar-refractivity contribution in [2.45, 2.75) is 40.2 Å². The molecule has 0 saturated carbocycles. The van der Waals surface area contributed by atoms with E-state index >= 15 is 0 Å². The van der Waals surface area contributed by atoms with Gasteiger partial charge >= 0.3 is 6.03 Å². The number of urea groups is 1. The summed E-state index contributed by atoms with van der Waals surface area (Å²) in [5.41, 5.74) is 5.30. The van der Waals surface area contributed by atoms with E-state index in [0.717, 1.165) is 0 Å². The normalized spacial score (nSPS) is 12.4. The first kappa shape index (κ1) is 13.2. The molecule has 0 spiro atoms. The summed E-state index contributed by atoms with van der Waals surface area (Å²) in [6.07, 6.45) is 0. The second-order valence-electron chi connectivity index (χ2n) is 5.43. The number of hydrogen-bond acceptors (Lipinski definition) is 2. The van der Waals surface area contributed by atoms with Crippen molar-refractivity contribution in [3.63, 3.8) is 0 Å². The number of nitrogens with two attached hydrogens (primary N) is 1. The van der Waals surface area contributed by atoms with Gasteiger partial charge in [-0.25, -0.2) is 4.79 Å². The van der Waals surface area contributed by atoms with Crippen LogP contribution in [0.3, 0.4) is 0 Å². The molecule has 4 heteroatoms. The van der Waals surface area contributed by atoms with E-state index in [1.807, 2.05) is 34.6 Å². The van der Waals surface area contributed by atoms with Crippen LogP contribution in [0.4, 0.5) is 4.79 Å². The van der Waals surface area contributed by atoms with E-state index in [1.54, 1.807) is 0 Å². The first-order valence-corrected chi connectivity index (χ1v) is 4.92. The highest BCUT2D eigenvalue weighted by Gasteiger charge is 2.18. The van der Waals surface area contributed by atoms with Gasteiger partial charge in [-0.2, -0.15) is 0 Å². The van der Waals surface area contributed by atoms with Crippen molar-refractivity contribution in [1.29, 1.82) is 0 Å². The second-order valence-corrected chi connectivity index (χ2v) is 5.43. The maximum absolute atomic E-state index is 11.4. The molecule has 0 aromatic heterocycles. The summed E-state index contributed by atoms with van der Waals surface area (Å²) < 4.78 is 0.